The van der Waals surface area contributed by atoms with Gasteiger partial charge >= 0.3 is 0 Å². The van der Waals surface area contributed by atoms with Gasteiger partial charge in [0.2, 0.25) is 0 Å². The summed E-state index contributed by atoms with van der Waals surface area (Å²) in [7, 11) is 1.70. The molecule has 0 amide bonds. The largest absolute Gasteiger partial charge is 0.497 e. The Kier molecular flexibility index (Phi) is 4.26. The lowest BCUT2D eigenvalue weighted by atomic mass is 10.0. The molecule has 0 saturated carbocycles. The highest BCUT2D eigenvalue weighted by atomic mass is 16.5. The van der Waals surface area contributed by atoms with Crippen molar-refractivity contribution in [3.63, 3.8) is 0 Å². The van der Waals surface area contributed by atoms with E-state index in [0.717, 1.165) is 25.4 Å². The molecule has 1 heterocycles. The number of hydrogen-bond donors (Lipinski definition) is 1. The van der Waals surface area contributed by atoms with Gasteiger partial charge in [-0.3, -0.25) is 0 Å². The fourth-order valence-electron chi connectivity index (χ4n) is 2.45. The summed E-state index contributed by atoms with van der Waals surface area (Å²) in [6.07, 6.45) is 3.72. The molecule has 0 aromatic heterocycles. The van der Waals surface area contributed by atoms with Crippen LogP contribution >= 0.6 is 0 Å². The van der Waals surface area contributed by atoms with E-state index in [4.69, 9.17) is 10.5 Å². The van der Waals surface area contributed by atoms with Gasteiger partial charge in [0.15, 0.2) is 0 Å². The van der Waals surface area contributed by atoms with Crippen molar-refractivity contribution in [2.75, 3.05) is 31.6 Å². The maximum Gasteiger partial charge on any atom is 0.119 e. The third-order valence-corrected chi connectivity index (χ3v) is 3.62. The number of nitrogens with zero attached hydrogens (tertiary/aromatic N) is 1. The third-order valence-electron chi connectivity index (χ3n) is 3.62. The van der Waals surface area contributed by atoms with Gasteiger partial charge in [0.1, 0.15) is 5.75 Å². The van der Waals surface area contributed by atoms with Crippen molar-refractivity contribution in [1.29, 1.82) is 0 Å². The Bertz CT molecular complexity index is 337. The maximum absolute atomic E-state index is 5.76. The van der Waals surface area contributed by atoms with Crippen molar-refractivity contribution in [1.82, 2.24) is 0 Å². The van der Waals surface area contributed by atoms with Crippen LogP contribution < -0.4 is 15.4 Å². The molecule has 0 aliphatic carbocycles. The SMILES string of the molecule is COc1ccc(N2CCCC(CN)CC2)cc1. The molecular weight excluding hydrogens is 212 g/mol. The van der Waals surface area contributed by atoms with Crippen LogP contribution in [0, 0.1) is 5.92 Å². The van der Waals surface area contributed by atoms with Crippen molar-refractivity contribution < 1.29 is 4.74 Å². The first kappa shape index (κ1) is 12.2. The van der Waals surface area contributed by atoms with Crippen LogP contribution in [0.5, 0.6) is 5.75 Å². The predicted molar refractivity (Wildman–Crippen MR) is 71.6 cm³/mol. The number of anilines is 1. The second-order valence-electron chi connectivity index (χ2n) is 4.72. The minimum Gasteiger partial charge on any atom is -0.497 e. The van der Waals surface area contributed by atoms with Crippen LogP contribution in [0.15, 0.2) is 24.3 Å². The van der Waals surface area contributed by atoms with E-state index in [2.05, 4.69) is 17.0 Å². The molecule has 1 saturated heterocycles. The van der Waals surface area contributed by atoms with E-state index >= 15 is 0 Å². The van der Waals surface area contributed by atoms with Gasteiger partial charge < -0.3 is 15.4 Å². The second kappa shape index (κ2) is 5.92. The van der Waals surface area contributed by atoms with Crippen molar-refractivity contribution >= 4 is 5.69 Å². The lowest BCUT2D eigenvalue weighted by Crippen LogP contribution is -2.24. The van der Waals surface area contributed by atoms with Crippen LogP contribution in [0.25, 0.3) is 0 Å². The predicted octanol–water partition coefficient (Wildman–Crippen LogP) is 2.26. The Balaban J connectivity index is 2.01. The summed E-state index contributed by atoms with van der Waals surface area (Å²) in [5.41, 5.74) is 7.05. The zero-order valence-corrected chi connectivity index (χ0v) is 10.6. The molecule has 17 heavy (non-hydrogen) atoms. The Hall–Kier alpha value is -1.22. The van der Waals surface area contributed by atoms with Crippen LogP contribution in [-0.2, 0) is 0 Å². The zero-order valence-electron chi connectivity index (χ0n) is 10.6. The first-order chi connectivity index (χ1) is 8.33. The van der Waals surface area contributed by atoms with Gasteiger partial charge in [0, 0.05) is 18.8 Å². The summed E-state index contributed by atoms with van der Waals surface area (Å²) in [4.78, 5) is 2.45. The third kappa shape index (κ3) is 3.13. The topological polar surface area (TPSA) is 38.5 Å². The van der Waals surface area contributed by atoms with E-state index in [-0.39, 0.29) is 0 Å². The fourth-order valence-corrected chi connectivity index (χ4v) is 2.45. The molecule has 3 nitrogen and oxygen atoms in total. The molecule has 1 unspecified atom stereocenters. The van der Waals surface area contributed by atoms with Gasteiger partial charge in [0.05, 0.1) is 7.11 Å². The van der Waals surface area contributed by atoms with E-state index in [1.54, 1.807) is 7.11 Å². The monoisotopic (exact) mass is 234 g/mol. The first-order valence-electron chi connectivity index (χ1n) is 6.42. The second-order valence-corrected chi connectivity index (χ2v) is 4.72. The number of rotatable bonds is 3. The average Bonchev–Trinajstić information content (AvgIpc) is 2.64. The van der Waals surface area contributed by atoms with E-state index in [0.29, 0.717) is 5.92 Å². The lowest BCUT2D eigenvalue weighted by molar-refractivity contribution is 0.415. The Morgan fingerprint density at radius 2 is 2.00 bits per heavy atom. The van der Waals surface area contributed by atoms with Crippen LogP contribution in [0.1, 0.15) is 19.3 Å². The number of methoxy groups -OCH3 is 1. The molecule has 1 atom stereocenters. The molecule has 0 spiro atoms. The molecule has 1 fully saturated rings. The molecule has 0 bridgehead atoms. The average molecular weight is 234 g/mol. The molecular formula is C14H22N2O. The van der Waals surface area contributed by atoms with Crippen molar-refractivity contribution in [3.05, 3.63) is 24.3 Å². The van der Waals surface area contributed by atoms with E-state index < -0.39 is 0 Å². The molecule has 1 aromatic rings. The molecule has 94 valence electrons. The molecule has 3 heteroatoms. The maximum atomic E-state index is 5.76. The Morgan fingerprint density at radius 3 is 2.65 bits per heavy atom. The van der Waals surface area contributed by atoms with E-state index in [9.17, 15) is 0 Å². The summed E-state index contributed by atoms with van der Waals surface area (Å²) in [6, 6.07) is 8.34. The van der Waals surface area contributed by atoms with Gasteiger partial charge in [0.25, 0.3) is 0 Å². The Labute approximate surface area is 104 Å². The number of nitrogens with two attached hydrogens (primary N) is 1. The van der Waals surface area contributed by atoms with Gasteiger partial charge in [-0.2, -0.15) is 0 Å². The first-order valence-corrected chi connectivity index (χ1v) is 6.42. The summed E-state index contributed by atoms with van der Waals surface area (Å²) in [5.74, 6) is 1.63. The Morgan fingerprint density at radius 1 is 1.24 bits per heavy atom. The highest BCUT2D eigenvalue weighted by Crippen LogP contribution is 2.24. The summed E-state index contributed by atoms with van der Waals surface area (Å²) in [5, 5.41) is 0. The summed E-state index contributed by atoms with van der Waals surface area (Å²) in [6.45, 7) is 3.09. The quantitative estimate of drug-likeness (QED) is 0.872. The van der Waals surface area contributed by atoms with Crippen LogP contribution in [0.2, 0.25) is 0 Å². The molecule has 1 aliphatic rings. The highest BCUT2D eigenvalue weighted by molar-refractivity contribution is 5.49. The highest BCUT2D eigenvalue weighted by Gasteiger charge is 2.15. The minimum absolute atomic E-state index is 0.707. The molecule has 1 aromatic carbocycles. The fraction of sp³-hybridized carbons (Fsp3) is 0.571. The smallest absolute Gasteiger partial charge is 0.119 e. The van der Waals surface area contributed by atoms with Crippen LogP contribution in [-0.4, -0.2) is 26.7 Å². The van der Waals surface area contributed by atoms with Gasteiger partial charge in [-0.05, 0) is 56.0 Å². The number of benzene rings is 1. The zero-order chi connectivity index (χ0) is 12.1. The summed E-state index contributed by atoms with van der Waals surface area (Å²) >= 11 is 0. The van der Waals surface area contributed by atoms with Crippen molar-refractivity contribution in [2.45, 2.75) is 19.3 Å². The van der Waals surface area contributed by atoms with Crippen molar-refractivity contribution in [2.24, 2.45) is 11.7 Å². The lowest BCUT2D eigenvalue weighted by Gasteiger charge is -2.23. The van der Waals surface area contributed by atoms with Gasteiger partial charge in [-0.15, -0.1) is 0 Å². The standard InChI is InChI=1S/C14H22N2O/c1-17-14-6-4-13(5-7-14)16-9-2-3-12(11-15)8-10-16/h4-7,12H,2-3,8-11,15H2,1H3. The van der Waals surface area contributed by atoms with Crippen LogP contribution in [0.4, 0.5) is 5.69 Å². The summed E-state index contributed by atoms with van der Waals surface area (Å²) < 4.78 is 5.18. The van der Waals surface area contributed by atoms with E-state index in [1.807, 2.05) is 12.1 Å². The molecule has 2 N–H and O–H groups in total. The minimum atomic E-state index is 0.707. The van der Waals surface area contributed by atoms with E-state index in [1.165, 1.54) is 24.9 Å². The number of hydrogen-bond acceptors (Lipinski definition) is 3. The molecule has 1 aliphatic heterocycles. The normalized spacial score (nSPS) is 21.1. The molecule has 0 radical (unpaired) electrons. The number of ether oxygens (including phenoxy) is 1. The van der Waals surface area contributed by atoms with Crippen LogP contribution in [0.3, 0.4) is 0 Å². The van der Waals surface area contributed by atoms with Crippen molar-refractivity contribution in [3.8, 4) is 5.75 Å². The molecule has 2 rings (SSSR count). The van der Waals surface area contributed by atoms with Gasteiger partial charge in [-0.1, -0.05) is 0 Å². The van der Waals surface area contributed by atoms with Gasteiger partial charge in [-0.25, -0.2) is 0 Å².